The van der Waals surface area contributed by atoms with Gasteiger partial charge in [0.2, 0.25) is 0 Å². The van der Waals surface area contributed by atoms with Crippen LogP contribution in [0.15, 0.2) is 47.4 Å². The molecule has 2 aromatic carbocycles. The molecular weight excluding hydrogens is 310 g/mol. The predicted molar refractivity (Wildman–Crippen MR) is 92.4 cm³/mol. The molecule has 0 aliphatic carbocycles. The van der Waals surface area contributed by atoms with Crippen LogP contribution >= 0.6 is 0 Å². The predicted octanol–water partition coefficient (Wildman–Crippen LogP) is 3.09. The minimum absolute atomic E-state index is 0.394. The topological polar surface area (TPSA) is 55.4 Å². The fraction of sp³-hybridized carbons (Fsp3) is 0.333. The lowest BCUT2D eigenvalue weighted by atomic mass is 10.1. The van der Waals surface area contributed by atoms with Crippen LogP contribution in [0.4, 0.5) is 0 Å². The number of hydrogen-bond donors (Lipinski definition) is 1. The summed E-state index contributed by atoms with van der Waals surface area (Å²) < 4.78 is 28.7. The van der Waals surface area contributed by atoms with Gasteiger partial charge < -0.3 is 10.1 Å². The second-order valence-corrected chi connectivity index (χ2v) is 7.54. The molecule has 2 aromatic rings. The van der Waals surface area contributed by atoms with E-state index in [0.29, 0.717) is 18.0 Å². The Morgan fingerprint density at radius 1 is 1.04 bits per heavy atom. The van der Waals surface area contributed by atoms with Crippen molar-refractivity contribution in [3.8, 4) is 5.75 Å². The highest BCUT2D eigenvalue weighted by Gasteiger charge is 2.10. The Balaban J connectivity index is 1.96. The minimum Gasteiger partial charge on any atom is -0.494 e. The lowest BCUT2D eigenvalue weighted by Crippen LogP contribution is -2.13. The molecule has 0 saturated heterocycles. The summed E-state index contributed by atoms with van der Waals surface area (Å²) >= 11 is 0. The monoisotopic (exact) mass is 333 g/mol. The van der Waals surface area contributed by atoms with Crippen molar-refractivity contribution in [3.05, 3.63) is 59.2 Å². The lowest BCUT2D eigenvalue weighted by Gasteiger charge is -2.10. The summed E-state index contributed by atoms with van der Waals surface area (Å²) in [6, 6.07) is 13.4. The zero-order valence-electron chi connectivity index (χ0n) is 13.8. The molecule has 0 unspecified atom stereocenters. The molecule has 0 bridgehead atoms. The van der Waals surface area contributed by atoms with Crippen molar-refractivity contribution in [2.75, 3.05) is 12.9 Å². The van der Waals surface area contributed by atoms with Crippen molar-refractivity contribution in [3.63, 3.8) is 0 Å². The number of rotatable bonds is 7. The number of aryl methyl sites for hydroxylation is 1. The van der Waals surface area contributed by atoms with Crippen LogP contribution in [0.3, 0.4) is 0 Å². The zero-order valence-corrected chi connectivity index (χ0v) is 14.6. The van der Waals surface area contributed by atoms with Crippen LogP contribution in [0, 0.1) is 6.92 Å². The number of sulfone groups is 1. The highest BCUT2D eigenvalue weighted by Crippen LogP contribution is 2.17. The first-order valence-corrected chi connectivity index (χ1v) is 9.51. The molecular formula is C18H23NO3S. The molecule has 124 valence electrons. The summed E-state index contributed by atoms with van der Waals surface area (Å²) in [6.45, 7) is 5.86. The summed E-state index contributed by atoms with van der Waals surface area (Å²) in [5.74, 6) is 0.875. The maximum atomic E-state index is 11.6. The molecule has 4 nitrogen and oxygen atoms in total. The van der Waals surface area contributed by atoms with Crippen LogP contribution in [0.25, 0.3) is 0 Å². The van der Waals surface area contributed by atoms with Crippen molar-refractivity contribution in [2.24, 2.45) is 0 Å². The number of nitrogens with one attached hydrogen (secondary N) is 1. The van der Waals surface area contributed by atoms with Gasteiger partial charge in [-0.05, 0) is 48.7 Å². The third-order valence-electron chi connectivity index (χ3n) is 3.51. The second-order valence-electron chi connectivity index (χ2n) is 5.56. The summed E-state index contributed by atoms with van der Waals surface area (Å²) in [6.07, 6.45) is 1.23. The molecule has 0 atom stereocenters. The molecule has 23 heavy (non-hydrogen) atoms. The van der Waals surface area contributed by atoms with E-state index in [-0.39, 0.29) is 0 Å². The Morgan fingerprint density at radius 2 is 1.74 bits per heavy atom. The normalized spacial score (nSPS) is 11.4. The zero-order chi connectivity index (χ0) is 16.9. The maximum Gasteiger partial charge on any atom is 0.175 e. The molecule has 2 rings (SSSR count). The van der Waals surface area contributed by atoms with Gasteiger partial charge in [0, 0.05) is 19.3 Å². The number of ether oxygens (including phenoxy) is 1. The molecule has 0 radical (unpaired) electrons. The van der Waals surface area contributed by atoms with E-state index < -0.39 is 9.84 Å². The van der Waals surface area contributed by atoms with Gasteiger partial charge in [-0.3, -0.25) is 0 Å². The summed E-state index contributed by atoms with van der Waals surface area (Å²) in [5.41, 5.74) is 3.00. The van der Waals surface area contributed by atoms with E-state index >= 15 is 0 Å². The van der Waals surface area contributed by atoms with Crippen molar-refractivity contribution in [2.45, 2.75) is 31.8 Å². The standard InChI is InChI=1S/C18H23NO3S/c1-4-22-17-7-5-6-15(11-17)12-19-13-16-8-9-18(14(2)10-16)23(3,20)21/h5-11,19H,4,12-13H2,1-3H3. The fourth-order valence-electron chi connectivity index (χ4n) is 2.50. The Morgan fingerprint density at radius 3 is 2.35 bits per heavy atom. The first kappa shape index (κ1) is 17.5. The van der Waals surface area contributed by atoms with Crippen LogP contribution in [0.2, 0.25) is 0 Å². The van der Waals surface area contributed by atoms with Crippen LogP contribution < -0.4 is 10.1 Å². The average molecular weight is 333 g/mol. The van der Waals surface area contributed by atoms with E-state index in [9.17, 15) is 8.42 Å². The Kier molecular flexibility index (Phi) is 5.80. The highest BCUT2D eigenvalue weighted by molar-refractivity contribution is 7.90. The van der Waals surface area contributed by atoms with Crippen molar-refractivity contribution in [1.29, 1.82) is 0 Å². The molecule has 0 aliphatic rings. The van der Waals surface area contributed by atoms with Crippen LogP contribution in [-0.2, 0) is 22.9 Å². The Labute approximate surface area is 138 Å². The molecule has 0 saturated carbocycles. The molecule has 5 heteroatoms. The average Bonchev–Trinajstić information content (AvgIpc) is 2.47. The summed E-state index contributed by atoms with van der Waals surface area (Å²) in [5, 5.41) is 3.37. The van der Waals surface area contributed by atoms with Gasteiger partial charge in [0.15, 0.2) is 9.84 Å². The number of benzene rings is 2. The van der Waals surface area contributed by atoms with Gasteiger partial charge in [0.1, 0.15) is 5.75 Å². The third kappa shape index (κ3) is 5.08. The van der Waals surface area contributed by atoms with Gasteiger partial charge in [-0.1, -0.05) is 24.3 Å². The Bertz CT molecular complexity index is 770. The van der Waals surface area contributed by atoms with Gasteiger partial charge in [-0.2, -0.15) is 0 Å². The van der Waals surface area contributed by atoms with E-state index in [0.717, 1.165) is 29.0 Å². The van der Waals surface area contributed by atoms with Crippen LogP contribution in [0.1, 0.15) is 23.6 Å². The van der Waals surface area contributed by atoms with E-state index in [1.165, 1.54) is 6.26 Å². The van der Waals surface area contributed by atoms with Gasteiger partial charge >= 0.3 is 0 Å². The van der Waals surface area contributed by atoms with Crippen molar-refractivity contribution < 1.29 is 13.2 Å². The third-order valence-corrected chi connectivity index (χ3v) is 4.76. The van der Waals surface area contributed by atoms with E-state index in [1.807, 2.05) is 50.2 Å². The summed E-state index contributed by atoms with van der Waals surface area (Å²) in [4.78, 5) is 0.394. The van der Waals surface area contributed by atoms with Gasteiger partial charge in [0.05, 0.1) is 11.5 Å². The number of hydrogen-bond acceptors (Lipinski definition) is 4. The molecule has 0 heterocycles. The molecule has 0 aromatic heterocycles. The minimum atomic E-state index is -3.16. The lowest BCUT2D eigenvalue weighted by molar-refractivity contribution is 0.340. The first-order chi connectivity index (χ1) is 10.9. The SMILES string of the molecule is CCOc1cccc(CNCc2ccc(S(C)(=O)=O)c(C)c2)c1. The molecule has 0 spiro atoms. The fourth-order valence-corrected chi connectivity index (χ4v) is 3.46. The largest absolute Gasteiger partial charge is 0.494 e. The molecule has 0 amide bonds. The second kappa shape index (κ2) is 7.62. The van der Waals surface area contributed by atoms with Crippen LogP contribution in [0.5, 0.6) is 5.75 Å². The van der Waals surface area contributed by atoms with Gasteiger partial charge in [-0.25, -0.2) is 8.42 Å². The van der Waals surface area contributed by atoms with E-state index in [4.69, 9.17) is 4.74 Å². The van der Waals surface area contributed by atoms with Crippen molar-refractivity contribution in [1.82, 2.24) is 5.32 Å². The quantitative estimate of drug-likeness (QED) is 0.846. The van der Waals surface area contributed by atoms with E-state index in [1.54, 1.807) is 6.07 Å². The maximum absolute atomic E-state index is 11.6. The molecule has 0 fully saturated rings. The summed E-state index contributed by atoms with van der Waals surface area (Å²) in [7, 11) is -3.16. The van der Waals surface area contributed by atoms with Crippen LogP contribution in [-0.4, -0.2) is 21.3 Å². The first-order valence-electron chi connectivity index (χ1n) is 7.62. The van der Waals surface area contributed by atoms with E-state index in [2.05, 4.69) is 5.32 Å². The highest BCUT2D eigenvalue weighted by atomic mass is 32.2. The molecule has 0 aliphatic heterocycles. The Hall–Kier alpha value is -1.85. The van der Waals surface area contributed by atoms with Crippen molar-refractivity contribution >= 4 is 9.84 Å². The van der Waals surface area contributed by atoms with Gasteiger partial charge in [-0.15, -0.1) is 0 Å². The molecule has 1 N–H and O–H groups in total. The smallest absolute Gasteiger partial charge is 0.175 e. The van der Waals surface area contributed by atoms with Gasteiger partial charge in [0.25, 0.3) is 0 Å².